The van der Waals surface area contributed by atoms with Crippen LogP contribution < -0.4 is 0 Å². The first kappa shape index (κ1) is 14.1. The van der Waals surface area contributed by atoms with Crippen molar-refractivity contribution in [2.24, 2.45) is 0 Å². The summed E-state index contributed by atoms with van der Waals surface area (Å²) in [5.41, 5.74) is -0.0350. The van der Waals surface area contributed by atoms with E-state index in [2.05, 4.69) is 0 Å². The second-order valence-electron chi connectivity index (χ2n) is 4.63. The average molecular weight is 239 g/mol. The third-order valence-electron chi connectivity index (χ3n) is 3.82. The number of rotatable bonds is 5. The Bertz CT molecular complexity index is 361. The maximum atomic E-state index is 13.7. The summed E-state index contributed by atoms with van der Waals surface area (Å²) in [4.78, 5) is 1.99. The average Bonchev–Trinajstić information content (AvgIpc) is 2.31. The second kappa shape index (κ2) is 5.61. The molecule has 0 radical (unpaired) electrons. The zero-order valence-corrected chi connectivity index (χ0v) is 11.1. The first-order valence-electron chi connectivity index (χ1n) is 6.09. The molecule has 1 unspecified atom stereocenters. The van der Waals surface area contributed by atoms with Crippen molar-refractivity contribution in [3.05, 3.63) is 35.6 Å². The SMILES string of the molecule is CCC(CC)(C(O)c1ccccc1F)N(C)C. The van der Waals surface area contributed by atoms with E-state index in [-0.39, 0.29) is 5.82 Å². The molecule has 0 aliphatic rings. The predicted molar refractivity (Wildman–Crippen MR) is 68.4 cm³/mol. The first-order chi connectivity index (χ1) is 7.99. The van der Waals surface area contributed by atoms with Gasteiger partial charge >= 0.3 is 0 Å². The van der Waals surface area contributed by atoms with Gasteiger partial charge < -0.3 is 10.0 Å². The number of nitrogens with zero attached hydrogens (tertiary/aromatic N) is 1. The maximum Gasteiger partial charge on any atom is 0.129 e. The fraction of sp³-hybridized carbons (Fsp3) is 0.571. The van der Waals surface area contributed by atoms with Crippen molar-refractivity contribution in [3.63, 3.8) is 0 Å². The summed E-state index contributed by atoms with van der Waals surface area (Å²) in [5.74, 6) is -0.340. The Labute approximate surface area is 103 Å². The molecule has 17 heavy (non-hydrogen) atoms. The Balaban J connectivity index is 3.17. The Hall–Kier alpha value is -0.930. The van der Waals surface area contributed by atoms with Crippen molar-refractivity contribution in [1.82, 2.24) is 4.90 Å². The van der Waals surface area contributed by atoms with Gasteiger partial charge in [-0.1, -0.05) is 32.0 Å². The molecule has 1 rings (SSSR count). The minimum Gasteiger partial charge on any atom is -0.386 e. The van der Waals surface area contributed by atoms with Gasteiger partial charge in [-0.3, -0.25) is 0 Å². The van der Waals surface area contributed by atoms with E-state index in [1.165, 1.54) is 6.07 Å². The normalized spacial score (nSPS) is 14.1. The standard InChI is InChI=1S/C14H22FNO/c1-5-14(6-2,16(3)4)13(17)11-9-7-8-10-12(11)15/h7-10,13,17H,5-6H2,1-4H3. The first-order valence-corrected chi connectivity index (χ1v) is 6.09. The van der Waals surface area contributed by atoms with E-state index in [1.54, 1.807) is 18.2 Å². The van der Waals surface area contributed by atoms with Crippen LogP contribution in [0.15, 0.2) is 24.3 Å². The lowest BCUT2D eigenvalue weighted by molar-refractivity contribution is -0.0168. The van der Waals surface area contributed by atoms with Gasteiger partial charge in [0.15, 0.2) is 0 Å². The topological polar surface area (TPSA) is 23.5 Å². The summed E-state index contributed by atoms with van der Waals surface area (Å²) in [6.45, 7) is 4.04. The number of hydrogen-bond donors (Lipinski definition) is 1. The number of hydrogen-bond acceptors (Lipinski definition) is 2. The highest BCUT2D eigenvalue weighted by Gasteiger charge is 2.38. The van der Waals surface area contributed by atoms with Crippen LogP contribution in [-0.4, -0.2) is 29.6 Å². The van der Waals surface area contributed by atoms with Gasteiger partial charge in [0.05, 0.1) is 5.54 Å². The minimum atomic E-state index is -0.811. The molecule has 2 nitrogen and oxygen atoms in total. The molecular weight excluding hydrogens is 217 g/mol. The molecule has 0 aliphatic carbocycles. The molecule has 0 amide bonds. The van der Waals surface area contributed by atoms with Gasteiger partial charge in [0.1, 0.15) is 11.9 Å². The van der Waals surface area contributed by atoms with Gasteiger partial charge in [0.2, 0.25) is 0 Å². The molecule has 1 N–H and O–H groups in total. The van der Waals surface area contributed by atoms with Gasteiger partial charge in [0, 0.05) is 5.56 Å². The van der Waals surface area contributed by atoms with Gasteiger partial charge in [-0.05, 0) is 33.0 Å². The van der Waals surface area contributed by atoms with Crippen LogP contribution in [0.1, 0.15) is 38.4 Å². The molecule has 96 valence electrons. The Morgan fingerprint density at radius 3 is 2.18 bits per heavy atom. The molecule has 1 aromatic carbocycles. The number of likely N-dealkylation sites (N-methyl/N-ethyl adjacent to an activating group) is 1. The maximum absolute atomic E-state index is 13.7. The van der Waals surface area contributed by atoms with Crippen LogP contribution in [0.3, 0.4) is 0 Å². The Morgan fingerprint density at radius 1 is 1.24 bits per heavy atom. The number of aliphatic hydroxyl groups is 1. The second-order valence-corrected chi connectivity index (χ2v) is 4.63. The summed E-state index contributed by atoms with van der Waals surface area (Å²) < 4.78 is 13.7. The van der Waals surface area contributed by atoms with Gasteiger partial charge in [-0.15, -0.1) is 0 Å². The highest BCUT2D eigenvalue weighted by Crippen LogP contribution is 2.36. The fourth-order valence-corrected chi connectivity index (χ4v) is 2.50. The molecule has 0 saturated heterocycles. The van der Waals surface area contributed by atoms with Crippen LogP contribution in [0.4, 0.5) is 4.39 Å². The van der Waals surface area contributed by atoms with E-state index in [0.29, 0.717) is 5.56 Å². The fourth-order valence-electron chi connectivity index (χ4n) is 2.50. The van der Waals surface area contributed by atoms with Crippen molar-refractivity contribution < 1.29 is 9.50 Å². The number of benzene rings is 1. The molecule has 1 aromatic rings. The van der Waals surface area contributed by atoms with Crippen molar-refractivity contribution in [3.8, 4) is 0 Å². The molecule has 0 heterocycles. The molecule has 0 aliphatic heterocycles. The summed E-state index contributed by atoms with van der Waals surface area (Å²) in [6, 6.07) is 6.45. The van der Waals surface area contributed by atoms with Gasteiger partial charge in [-0.2, -0.15) is 0 Å². The lowest BCUT2D eigenvalue weighted by Crippen LogP contribution is -2.48. The van der Waals surface area contributed by atoms with Crippen LogP contribution >= 0.6 is 0 Å². The van der Waals surface area contributed by atoms with Crippen molar-refractivity contribution in [1.29, 1.82) is 0 Å². The quantitative estimate of drug-likeness (QED) is 0.854. The van der Waals surface area contributed by atoms with Crippen LogP contribution in [0, 0.1) is 5.82 Å². The third-order valence-corrected chi connectivity index (χ3v) is 3.82. The molecule has 0 saturated carbocycles. The summed E-state index contributed by atoms with van der Waals surface area (Å²) in [7, 11) is 3.86. The van der Waals surface area contributed by atoms with E-state index < -0.39 is 11.6 Å². The van der Waals surface area contributed by atoms with E-state index in [4.69, 9.17) is 0 Å². The lowest BCUT2D eigenvalue weighted by Gasteiger charge is -2.42. The van der Waals surface area contributed by atoms with Crippen molar-refractivity contribution in [2.45, 2.75) is 38.3 Å². The predicted octanol–water partition coefficient (Wildman–Crippen LogP) is 2.98. The zero-order valence-electron chi connectivity index (χ0n) is 11.1. The highest BCUT2D eigenvalue weighted by molar-refractivity contribution is 5.23. The van der Waals surface area contributed by atoms with Gasteiger partial charge in [0.25, 0.3) is 0 Å². The Kier molecular flexibility index (Phi) is 4.66. The van der Waals surface area contributed by atoms with E-state index in [9.17, 15) is 9.50 Å². The molecule has 0 fully saturated rings. The summed E-state index contributed by atoms with van der Waals surface area (Å²) >= 11 is 0. The van der Waals surface area contributed by atoms with E-state index >= 15 is 0 Å². The zero-order chi connectivity index (χ0) is 13.1. The lowest BCUT2D eigenvalue weighted by atomic mass is 9.81. The van der Waals surface area contributed by atoms with Crippen molar-refractivity contribution in [2.75, 3.05) is 14.1 Å². The minimum absolute atomic E-state index is 0.340. The van der Waals surface area contributed by atoms with Crippen LogP contribution in [0.2, 0.25) is 0 Å². The molecule has 0 spiro atoms. The third kappa shape index (κ3) is 2.50. The molecule has 0 aromatic heterocycles. The highest BCUT2D eigenvalue weighted by atomic mass is 19.1. The number of halogens is 1. The monoisotopic (exact) mass is 239 g/mol. The molecule has 1 atom stereocenters. The van der Waals surface area contributed by atoms with E-state index in [0.717, 1.165) is 12.8 Å². The van der Waals surface area contributed by atoms with Gasteiger partial charge in [-0.25, -0.2) is 4.39 Å². The largest absolute Gasteiger partial charge is 0.386 e. The molecular formula is C14H22FNO. The van der Waals surface area contributed by atoms with Crippen molar-refractivity contribution >= 4 is 0 Å². The summed E-state index contributed by atoms with van der Waals surface area (Å²) in [6.07, 6.45) is 0.728. The molecule has 3 heteroatoms. The smallest absolute Gasteiger partial charge is 0.129 e. The number of aliphatic hydroxyl groups excluding tert-OH is 1. The van der Waals surface area contributed by atoms with Crippen LogP contribution in [0.5, 0.6) is 0 Å². The van der Waals surface area contributed by atoms with Crippen LogP contribution in [0.25, 0.3) is 0 Å². The molecule has 0 bridgehead atoms. The summed E-state index contributed by atoms with van der Waals surface area (Å²) in [5, 5.41) is 10.5. The Morgan fingerprint density at radius 2 is 1.76 bits per heavy atom. The van der Waals surface area contributed by atoms with E-state index in [1.807, 2.05) is 32.8 Å². The van der Waals surface area contributed by atoms with Crippen LogP contribution in [-0.2, 0) is 0 Å².